The van der Waals surface area contributed by atoms with E-state index in [0.29, 0.717) is 25.2 Å². The Bertz CT molecular complexity index is 494. The lowest BCUT2D eigenvalue weighted by Gasteiger charge is -2.31. The van der Waals surface area contributed by atoms with Gasteiger partial charge in [-0.2, -0.15) is 0 Å². The number of likely N-dealkylation sites (tertiary alicyclic amines) is 1. The molecule has 3 N–H and O–H groups in total. The van der Waals surface area contributed by atoms with Gasteiger partial charge in [0.05, 0.1) is 12.2 Å². The molecule has 0 spiro atoms. The molecule has 2 heterocycles. The molecule has 21 heavy (non-hydrogen) atoms. The van der Waals surface area contributed by atoms with Gasteiger partial charge in [0.2, 0.25) is 5.91 Å². The molecule has 1 amide bonds. The Balaban J connectivity index is 1.48. The number of nitrogens with one attached hydrogen (secondary N) is 1. The highest BCUT2D eigenvalue weighted by molar-refractivity contribution is 5.91. The van der Waals surface area contributed by atoms with Crippen molar-refractivity contribution in [3.05, 3.63) is 29.8 Å². The molecule has 5 nitrogen and oxygen atoms in total. The summed E-state index contributed by atoms with van der Waals surface area (Å²) in [5.41, 5.74) is 7.48. The second-order valence-corrected chi connectivity index (χ2v) is 5.88. The van der Waals surface area contributed by atoms with Gasteiger partial charge in [-0.1, -0.05) is 18.2 Å². The van der Waals surface area contributed by atoms with Crippen LogP contribution in [0.15, 0.2) is 24.3 Å². The molecule has 0 radical (unpaired) electrons. The number of nitrogens with two attached hydrogens (primary N) is 1. The lowest BCUT2D eigenvalue weighted by Crippen LogP contribution is -2.43. The van der Waals surface area contributed by atoms with Crippen molar-refractivity contribution in [3.8, 4) is 0 Å². The molecule has 2 atom stereocenters. The van der Waals surface area contributed by atoms with E-state index in [4.69, 9.17) is 10.5 Å². The quantitative estimate of drug-likeness (QED) is 0.858. The number of benzene rings is 1. The number of nitrogens with zero attached hydrogens (tertiary/aromatic N) is 1. The van der Waals surface area contributed by atoms with Gasteiger partial charge < -0.3 is 15.8 Å². The number of ether oxygens (including phenoxy) is 1. The largest absolute Gasteiger partial charge is 0.372 e. The third-order valence-corrected chi connectivity index (χ3v) is 4.29. The number of para-hydroxylation sites is 1. The monoisotopic (exact) mass is 289 g/mol. The maximum atomic E-state index is 12.1. The van der Waals surface area contributed by atoms with Crippen LogP contribution in [0.5, 0.6) is 0 Å². The lowest BCUT2D eigenvalue weighted by atomic mass is 10.1. The second kappa shape index (κ2) is 6.56. The van der Waals surface area contributed by atoms with E-state index in [1.54, 1.807) is 0 Å². The minimum Gasteiger partial charge on any atom is -0.372 e. The normalized spacial score (nSPS) is 25.0. The number of rotatable bonds is 5. The van der Waals surface area contributed by atoms with E-state index in [2.05, 4.69) is 10.2 Å². The number of carbonyl (C=O) groups excluding carboxylic acids is 1. The topological polar surface area (TPSA) is 67.6 Å². The first-order valence-corrected chi connectivity index (χ1v) is 7.70. The number of anilines is 1. The molecule has 0 aliphatic carbocycles. The Morgan fingerprint density at radius 3 is 2.71 bits per heavy atom. The first kappa shape index (κ1) is 14.5. The Morgan fingerprint density at radius 2 is 2.00 bits per heavy atom. The van der Waals surface area contributed by atoms with Crippen molar-refractivity contribution in [1.29, 1.82) is 0 Å². The molecular weight excluding hydrogens is 266 g/mol. The van der Waals surface area contributed by atoms with Crippen molar-refractivity contribution in [2.24, 2.45) is 5.73 Å². The molecular formula is C16H23N3O2. The number of hydrogen-bond donors (Lipinski definition) is 2. The zero-order chi connectivity index (χ0) is 14.7. The van der Waals surface area contributed by atoms with E-state index in [0.717, 1.165) is 43.7 Å². The van der Waals surface area contributed by atoms with Crippen LogP contribution in [0.3, 0.4) is 0 Å². The maximum absolute atomic E-state index is 12.1. The smallest absolute Gasteiger partial charge is 0.225 e. The predicted octanol–water partition coefficient (Wildman–Crippen LogP) is 1.34. The van der Waals surface area contributed by atoms with E-state index in [1.807, 2.05) is 24.3 Å². The van der Waals surface area contributed by atoms with Crippen LogP contribution >= 0.6 is 0 Å². The summed E-state index contributed by atoms with van der Waals surface area (Å²) < 4.78 is 5.80. The average Bonchev–Trinajstić information content (AvgIpc) is 2.84. The summed E-state index contributed by atoms with van der Waals surface area (Å²) >= 11 is 0. The Hall–Kier alpha value is -1.43. The van der Waals surface area contributed by atoms with Gasteiger partial charge in [-0.25, -0.2) is 0 Å². The zero-order valence-electron chi connectivity index (χ0n) is 12.3. The molecule has 2 aliphatic rings. The van der Waals surface area contributed by atoms with E-state index >= 15 is 0 Å². The molecule has 0 saturated carbocycles. The Morgan fingerprint density at radius 1 is 1.29 bits per heavy atom. The number of amides is 1. The van der Waals surface area contributed by atoms with E-state index in [1.165, 1.54) is 0 Å². The number of hydrogen-bond acceptors (Lipinski definition) is 4. The minimum absolute atomic E-state index is 0.0507. The highest BCUT2D eigenvalue weighted by atomic mass is 16.5. The van der Waals surface area contributed by atoms with Gasteiger partial charge in [-0.05, 0) is 24.5 Å². The maximum Gasteiger partial charge on any atom is 0.225 e. The summed E-state index contributed by atoms with van der Waals surface area (Å²) in [5, 5.41) is 2.96. The number of fused-ring (bicyclic) bond motifs is 2. The van der Waals surface area contributed by atoms with Crippen LogP contribution < -0.4 is 11.1 Å². The van der Waals surface area contributed by atoms with Crippen LogP contribution in [0, 0.1) is 0 Å². The Labute approximate surface area is 125 Å². The summed E-state index contributed by atoms with van der Waals surface area (Å²) in [6, 6.07) is 7.68. The summed E-state index contributed by atoms with van der Waals surface area (Å²) in [6.45, 7) is 3.16. The molecule has 2 unspecified atom stereocenters. The van der Waals surface area contributed by atoms with Gasteiger partial charge in [-0.15, -0.1) is 0 Å². The predicted molar refractivity (Wildman–Crippen MR) is 81.9 cm³/mol. The Kier molecular flexibility index (Phi) is 4.53. The molecule has 0 aromatic heterocycles. The third-order valence-electron chi connectivity index (χ3n) is 4.29. The molecule has 2 saturated heterocycles. The molecule has 1 aromatic carbocycles. The first-order chi connectivity index (χ1) is 10.2. The summed E-state index contributed by atoms with van der Waals surface area (Å²) in [4.78, 5) is 14.4. The summed E-state index contributed by atoms with van der Waals surface area (Å²) in [5.74, 6) is 0.0507. The van der Waals surface area contributed by atoms with Crippen LogP contribution in [0.2, 0.25) is 0 Å². The van der Waals surface area contributed by atoms with E-state index in [9.17, 15) is 4.79 Å². The van der Waals surface area contributed by atoms with Crippen molar-refractivity contribution in [1.82, 2.24) is 4.90 Å². The van der Waals surface area contributed by atoms with Crippen LogP contribution in [-0.4, -0.2) is 42.6 Å². The van der Waals surface area contributed by atoms with Crippen LogP contribution in [0.25, 0.3) is 0 Å². The van der Waals surface area contributed by atoms with Crippen molar-refractivity contribution >= 4 is 11.6 Å². The minimum atomic E-state index is 0.0507. The molecule has 1 aromatic rings. The van der Waals surface area contributed by atoms with Gasteiger partial charge in [0.25, 0.3) is 0 Å². The zero-order valence-corrected chi connectivity index (χ0v) is 12.3. The van der Waals surface area contributed by atoms with Crippen molar-refractivity contribution in [2.75, 3.05) is 25.0 Å². The first-order valence-electron chi connectivity index (χ1n) is 7.70. The highest BCUT2D eigenvalue weighted by Crippen LogP contribution is 2.26. The standard InChI is InChI=1S/C16H23N3O2/c17-9-12-3-1-2-4-15(12)18-16(20)7-8-19-10-13-5-6-14(11-19)21-13/h1-4,13-14H,5-11,17H2,(H,18,20). The summed E-state index contributed by atoms with van der Waals surface area (Å²) in [6.07, 6.45) is 3.60. The van der Waals surface area contributed by atoms with Crippen LogP contribution in [0.1, 0.15) is 24.8 Å². The van der Waals surface area contributed by atoms with E-state index in [-0.39, 0.29) is 5.91 Å². The van der Waals surface area contributed by atoms with Gasteiger partial charge in [0.1, 0.15) is 0 Å². The molecule has 3 rings (SSSR count). The number of morpholine rings is 1. The van der Waals surface area contributed by atoms with Gasteiger partial charge in [0, 0.05) is 38.3 Å². The summed E-state index contributed by atoms with van der Waals surface area (Å²) in [7, 11) is 0. The third kappa shape index (κ3) is 3.61. The molecule has 114 valence electrons. The van der Waals surface area contributed by atoms with Gasteiger partial charge in [-0.3, -0.25) is 9.69 Å². The average molecular weight is 289 g/mol. The lowest BCUT2D eigenvalue weighted by molar-refractivity contribution is -0.117. The number of carbonyl (C=O) groups is 1. The van der Waals surface area contributed by atoms with Crippen molar-refractivity contribution < 1.29 is 9.53 Å². The van der Waals surface area contributed by atoms with Gasteiger partial charge in [0.15, 0.2) is 0 Å². The molecule has 2 fully saturated rings. The fourth-order valence-corrected chi connectivity index (χ4v) is 3.17. The van der Waals surface area contributed by atoms with Crippen LogP contribution in [-0.2, 0) is 16.1 Å². The fourth-order valence-electron chi connectivity index (χ4n) is 3.17. The molecule has 2 aliphatic heterocycles. The SMILES string of the molecule is NCc1ccccc1NC(=O)CCN1CC2CCC(C1)O2. The van der Waals surface area contributed by atoms with Crippen molar-refractivity contribution in [3.63, 3.8) is 0 Å². The van der Waals surface area contributed by atoms with Gasteiger partial charge >= 0.3 is 0 Å². The fraction of sp³-hybridized carbons (Fsp3) is 0.562. The second-order valence-electron chi connectivity index (χ2n) is 5.88. The molecule has 5 heteroatoms. The highest BCUT2D eigenvalue weighted by Gasteiger charge is 2.33. The van der Waals surface area contributed by atoms with E-state index < -0.39 is 0 Å². The molecule has 2 bridgehead atoms. The van der Waals surface area contributed by atoms with Crippen molar-refractivity contribution in [2.45, 2.75) is 38.0 Å². The van der Waals surface area contributed by atoms with Crippen LogP contribution in [0.4, 0.5) is 5.69 Å².